The predicted molar refractivity (Wildman–Crippen MR) is 85.3 cm³/mol. The van der Waals surface area contributed by atoms with E-state index in [1.54, 1.807) is 30.3 Å². The second-order valence-electron chi connectivity index (χ2n) is 5.35. The van der Waals surface area contributed by atoms with Gasteiger partial charge in [-0.05, 0) is 43.7 Å². The van der Waals surface area contributed by atoms with E-state index in [1.165, 1.54) is 0 Å². The van der Waals surface area contributed by atoms with Crippen LogP contribution >= 0.6 is 0 Å². The monoisotopic (exact) mass is 295 g/mol. The molecular weight excluding hydrogens is 278 g/mol. The van der Waals surface area contributed by atoms with Crippen molar-refractivity contribution in [1.29, 1.82) is 0 Å². The molecule has 2 aromatic rings. The molecule has 1 aliphatic rings. The molecule has 1 aromatic carbocycles. The highest BCUT2D eigenvalue weighted by molar-refractivity contribution is 6.28. The number of amides is 3. The quantitative estimate of drug-likeness (QED) is 0.684. The molecule has 112 valence electrons. The SMILES string of the molecule is Cc1cc(C=C2NC(=O)N(c3ccccc3)C2=O)c(C)n1C. The molecule has 3 amide bonds. The second-order valence-corrected chi connectivity index (χ2v) is 5.35. The van der Waals surface area contributed by atoms with Crippen LogP contribution in [-0.4, -0.2) is 16.5 Å². The zero-order valence-electron chi connectivity index (χ0n) is 12.8. The Balaban J connectivity index is 1.97. The number of imide groups is 1. The van der Waals surface area contributed by atoms with Crippen molar-refractivity contribution < 1.29 is 9.59 Å². The van der Waals surface area contributed by atoms with Gasteiger partial charge in [-0.25, -0.2) is 9.69 Å². The fraction of sp³-hybridized carbons (Fsp3) is 0.176. The molecule has 1 saturated heterocycles. The first-order valence-electron chi connectivity index (χ1n) is 7.04. The van der Waals surface area contributed by atoms with Crippen LogP contribution in [0.15, 0.2) is 42.1 Å². The van der Waals surface area contributed by atoms with Crippen molar-refractivity contribution in [1.82, 2.24) is 9.88 Å². The van der Waals surface area contributed by atoms with Crippen LogP contribution in [-0.2, 0) is 11.8 Å². The molecule has 1 aliphatic heterocycles. The fourth-order valence-electron chi connectivity index (χ4n) is 2.53. The molecule has 0 saturated carbocycles. The summed E-state index contributed by atoms with van der Waals surface area (Å²) in [5, 5.41) is 2.65. The van der Waals surface area contributed by atoms with Gasteiger partial charge in [-0.15, -0.1) is 0 Å². The zero-order valence-corrected chi connectivity index (χ0v) is 12.8. The minimum Gasteiger partial charge on any atom is -0.352 e. The van der Waals surface area contributed by atoms with Crippen molar-refractivity contribution in [2.45, 2.75) is 13.8 Å². The predicted octanol–water partition coefficient (Wildman–Crippen LogP) is 2.74. The number of hydrogen-bond acceptors (Lipinski definition) is 2. The van der Waals surface area contributed by atoms with Crippen molar-refractivity contribution in [3.8, 4) is 0 Å². The van der Waals surface area contributed by atoms with Crippen molar-refractivity contribution in [3.05, 3.63) is 59.0 Å². The average molecular weight is 295 g/mol. The van der Waals surface area contributed by atoms with E-state index >= 15 is 0 Å². The number of hydrogen-bond donors (Lipinski definition) is 1. The lowest BCUT2D eigenvalue weighted by Gasteiger charge is -2.10. The van der Waals surface area contributed by atoms with Gasteiger partial charge < -0.3 is 9.88 Å². The van der Waals surface area contributed by atoms with Crippen LogP contribution < -0.4 is 10.2 Å². The highest BCUT2D eigenvalue weighted by Gasteiger charge is 2.34. The van der Waals surface area contributed by atoms with Crippen LogP contribution in [0.2, 0.25) is 0 Å². The largest absolute Gasteiger partial charge is 0.352 e. The fourth-order valence-corrected chi connectivity index (χ4v) is 2.53. The van der Waals surface area contributed by atoms with Crippen LogP contribution in [0.1, 0.15) is 17.0 Å². The first kappa shape index (κ1) is 14.1. The summed E-state index contributed by atoms with van der Waals surface area (Å²) in [5.74, 6) is -0.336. The molecule has 0 spiro atoms. The van der Waals surface area contributed by atoms with Gasteiger partial charge in [0, 0.05) is 18.4 Å². The summed E-state index contributed by atoms with van der Waals surface area (Å²) >= 11 is 0. The number of carbonyl (C=O) groups excluding carboxylic acids is 2. The molecule has 2 heterocycles. The summed E-state index contributed by atoms with van der Waals surface area (Å²) in [4.78, 5) is 25.7. The van der Waals surface area contributed by atoms with Gasteiger partial charge >= 0.3 is 6.03 Å². The van der Waals surface area contributed by atoms with Gasteiger partial charge in [-0.2, -0.15) is 0 Å². The number of anilines is 1. The number of benzene rings is 1. The normalized spacial score (nSPS) is 16.5. The van der Waals surface area contributed by atoms with E-state index in [0.717, 1.165) is 21.9 Å². The van der Waals surface area contributed by atoms with Crippen molar-refractivity contribution >= 4 is 23.7 Å². The van der Waals surface area contributed by atoms with E-state index in [1.807, 2.05) is 37.6 Å². The van der Waals surface area contributed by atoms with E-state index in [0.29, 0.717) is 11.4 Å². The van der Waals surface area contributed by atoms with Gasteiger partial charge in [0.25, 0.3) is 5.91 Å². The van der Waals surface area contributed by atoms with Crippen LogP contribution in [0.3, 0.4) is 0 Å². The molecule has 5 heteroatoms. The molecule has 3 rings (SSSR count). The maximum Gasteiger partial charge on any atom is 0.333 e. The van der Waals surface area contributed by atoms with Crippen molar-refractivity contribution in [2.75, 3.05) is 4.90 Å². The molecule has 1 fully saturated rings. The van der Waals surface area contributed by atoms with Crippen LogP contribution in [0.4, 0.5) is 10.5 Å². The zero-order chi connectivity index (χ0) is 15.9. The van der Waals surface area contributed by atoms with E-state index < -0.39 is 6.03 Å². The Morgan fingerprint density at radius 3 is 2.36 bits per heavy atom. The number of aromatic nitrogens is 1. The van der Waals surface area contributed by atoms with Crippen LogP contribution in [0.25, 0.3) is 6.08 Å². The number of nitrogens with zero attached hydrogens (tertiary/aromatic N) is 2. The Bertz CT molecular complexity index is 788. The maximum atomic E-state index is 12.5. The molecule has 0 atom stereocenters. The standard InChI is InChI=1S/C17H17N3O2/c1-11-9-13(12(2)19(11)3)10-15-16(21)20(17(22)18-15)14-7-5-4-6-8-14/h4-10H,1-3H3,(H,18,22). The minimum absolute atomic E-state index is 0.294. The first-order chi connectivity index (χ1) is 10.5. The Morgan fingerprint density at radius 1 is 1.09 bits per heavy atom. The van der Waals surface area contributed by atoms with Crippen LogP contribution in [0.5, 0.6) is 0 Å². The summed E-state index contributed by atoms with van der Waals surface area (Å²) in [6.07, 6.45) is 1.73. The van der Waals surface area contributed by atoms with E-state index in [-0.39, 0.29) is 5.91 Å². The highest BCUT2D eigenvalue weighted by Crippen LogP contribution is 2.23. The lowest BCUT2D eigenvalue weighted by Crippen LogP contribution is -2.30. The Kier molecular flexibility index (Phi) is 3.33. The third-order valence-corrected chi connectivity index (χ3v) is 4.01. The molecule has 22 heavy (non-hydrogen) atoms. The summed E-state index contributed by atoms with van der Waals surface area (Å²) in [7, 11) is 1.97. The first-order valence-corrected chi connectivity index (χ1v) is 7.04. The maximum absolute atomic E-state index is 12.5. The van der Waals surface area contributed by atoms with Gasteiger partial charge in [0.15, 0.2) is 0 Å². The number of aryl methyl sites for hydroxylation is 1. The lowest BCUT2D eigenvalue weighted by molar-refractivity contribution is -0.113. The minimum atomic E-state index is -0.423. The topological polar surface area (TPSA) is 54.3 Å². The molecular formula is C17H17N3O2. The Hall–Kier alpha value is -2.82. The number of nitrogens with one attached hydrogen (secondary N) is 1. The van der Waals surface area contributed by atoms with Crippen molar-refractivity contribution in [2.24, 2.45) is 7.05 Å². The Labute approximate surface area is 128 Å². The smallest absolute Gasteiger partial charge is 0.333 e. The molecule has 1 N–H and O–H groups in total. The lowest BCUT2D eigenvalue weighted by atomic mass is 10.2. The van der Waals surface area contributed by atoms with Gasteiger partial charge in [0.05, 0.1) is 5.69 Å². The van der Waals surface area contributed by atoms with E-state index in [4.69, 9.17) is 0 Å². The summed E-state index contributed by atoms with van der Waals surface area (Å²) in [6.45, 7) is 3.98. The van der Waals surface area contributed by atoms with E-state index in [9.17, 15) is 9.59 Å². The Morgan fingerprint density at radius 2 is 1.77 bits per heavy atom. The summed E-state index contributed by atoms with van der Waals surface area (Å²) in [5.41, 5.74) is 3.93. The van der Waals surface area contributed by atoms with Crippen molar-refractivity contribution in [3.63, 3.8) is 0 Å². The van der Waals surface area contributed by atoms with Gasteiger partial charge in [0.2, 0.25) is 0 Å². The van der Waals surface area contributed by atoms with Gasteiger partial charge in [-0.1, -0.05) is 18.2 Å². The van der Waals surface area contributed by atoms with Crippen LogP contribution in [0, 0.1) is 13.8 Å². The number of urea groups is 1. The molecule has 0 bridgehead atoms. The summed E-state index contributed by atoms with van der Waals surface area (Å²) < 4.78 is 2.04. The molecule has 5 nitrogen and oxygen atoms in total. The second kappa shape index (κ2) is 5.18. The highest BCUT2D eigenvalue weighted by atomic mass is 16.2. The number of rotatable bonds is 2. The van der Waals surface area contributed by atoms with Gasteiger partial charge in [0.1, 0.15) is 5.70 Å². The number of para-hydroxylation sites is 1. The average Bonchev–Trinajstić information content (AvgIpc) is 2.92. The van der Waals surface area contributed by atoms with Gasteiger partial charge in [-0.3, -0.25) is 4.79 Å². The molecule has 1 aromatic heterocycles. The summed E-state index contributed by atoms with van der Waals surface area (Å²) in [6, 6.07) is 10.5. The van der Waals surface area contributed by atoms with E-state index in [2.05, 4.69) is 5.32 Å². The third-order valence-electron chi connectivity index (χ3n) is 4.01. The number of carbonyl (C=O) groups is 2. The molecule has 0 unspecified atom stereocenters. The molecule has 0 radical (unpaired) electrons. The molecule has 0 aliphatic carbocycles. The third kappa shape index (κ3) is 2.20.